The summed E-state index contributed by atoms with van der Waals surface area (Å²) >= 11 is 0. The summed E-state index contributed by atoms with van der Waals surface area (Å²) in [5.41, 5.74) is 1.68. The predicted octanol–water partition coefficient (Wildman–Crippen LogP) is 1.30. The summed E-state index contributed by atoms with van der Waals surface area (Å²) in [6, 6.07) is 5.47. The number of benzene rings is 1. The summed E-state index contributed by atoms with van der Waals surface area (Å²) in [4.78, 5) is 14.1. The van der Waals surface area contributed by atoms with Gasteiger partial charge in [0.2, 0.25) is 0 Å². The number of anilines is 2. The van der Waals surface area contributed by atoms with E-state index >= 15 is 0 Å². The van der Waals surface area contributed by atoms with E-state index in [0.717, 1.165) is 18.8 Å². The largest absolute Gasteiger partial charge is 0.495 e. The van der Waals surface area contributed by atoms with E-state index in [1.165, 1.54) is 0 Å². The number of carbonyl (C=O) groups excluding carboxylic acids is 1. The molecule has 0 atom stereocenters. The van der Waals surface area contributed by atoms with Crippen LogP contribution in [0, 0.1) is 0 Å². The Hall–Kier alpha value is -1.99. The number of methoxy groups -OCH3 is 2. The van der Waals surface area contributed by atoms with Gasteiger partial charge in [0.05, 0.1) is 32.6 Å². The molecule has 1 heterocycles. The second-order valence-corrected chi connectivity index (χ2v) is 4.86. The topological polar surface area (TPSA) is 72.1 Å². The quantitative estimate of drug-likeness (QED) is 0.775. The monoisotopic (exact) mass is 309 g/mol. The number of amides is 2. The molecule has 0 aliphatic carbocycles. The maximum atomic E-state index is 11.9. The van der Waals surface area contributed by atoms with Gasteiger partial charge in [-0.25, -0.2) is 4.79 Å². The molecule has 22 heavy (non-hydrogen) atoms. The van der Waals surface area contributed by atoms with Gasteiger partial charge in [-0.1, -0.05) is 0 Å². The highest BCUT2D eigenvalue weighted by molar-refractivity contribution is 5.91. The fraction of sp³-hybridized carbons (Fsp3) is 0.533. The summed E-state index contributed by atoms with van der Waals surface area (Å²) in [5.74, 6) is 0.624. The van der Waals surface area contributed by atoms with Crippen molar-refractivity contribution < 1.29 is 19.0 Å². The normalized spacial score (nSPS) is 14.5. The zero-order chi connectivity index (χ0) is 15.8. The minimum atomic E-state index is -0.283. The second kappa shape index (κ2) is 8.45. The van der Waals surface area contributed by atoms with Gasteiger partial charge in [-0.05, 0) is 18.2 Å². The lowest BCUT2D eigenvalue weighted by molar-refractivity contribution is 0.122. The number of morpholine rings is 1. The molecule has 0 radical (unpaired) electrons. The van der Waals surface area contributed by atoms with Crippen LogP contribution in [0.15, 0.2) is 18.2 Å². The molecule has 1 saturated heterocycles. The molecule has 0 saturated carbocycles. The van der Waals surface area contributed by atoms with E-state index in [-0.39, 0.29) is 6.03 Å². The van der Waals surface area contributed by atoms with Crippen LogP contribution in [-0.4, -0.2) is 59.7 Å². The Morgan fingerprint density at radius 3 is 2.77 bits per heavy atom. The zero-order valence-corrected chi connectivity index (χ0v) is 13.1. The molecule has 0 unspecified atom stereocenters. The third kappa shape index (κ3) is 4.51. The molecule has 2 rings (SSSR count). The Kier molecular flexibility index (Phi) is 6.29. The highest BCUT2D eigenvalue weighted by atomic mass is 16.5. The Labute approximate surface area is 130 Å². The Morgan fingerprint density at radius 1 is 1.32 bits per heavy atom. The van der Waals surface area contributed by atoms with Crippen LogP contribution in [0.25, 0.3) is 0 Å². The lowest BCUT2D eigenvalue weighted by Crippen LogP contribution is -2.36. The number of hydrogen-bond acceptors (Lipinski definition) is 5. The molecule has 1 aliphatic rings. The van der Waals surface area contributed by atoms with Gasteiger partial charge >= 0.3 is 6.03 Å². The van der Waals surface area contributed by atoms with Crippen LogP contribution >= 0.6 is 0 Å². The van der Waals surface area contributed by atoms with E-state index < -0.39 is 0 Å². The maximum absolute atomic E-state index is 11.9. The van der Waals surface area contributed by atoms with Gasteiger partial charge in [0.15, 0.2) is 0 Å². The molecular weight excluding hydrogens is 286 g/mol. The van der Waals surface area contributed by atoms with Gasteiger partial charge in [-0.3, -0.25) is 0 Å². The fourth-order valence-corrected chi connectivity index (χ4v) is 2.25. The standard InChI is InChI=1S/C15H23N3O4/c1-20-8-5-16-15(19)17-13-11-12(3-4-14(13)21-2)18-6-9-22-10-7-18/h3-4,11H,5-10H2,1-2H3,(H2,16,17,19). The van der Waals surface area contributed by atoms with Gasteiger partial charge in [0, 0.05) is 32.4 Å². The lowest BCUT2D eigenvalue weighted by Gasteiger charge is -2.29. The van der Waals surface area contributed by atoms with Crippen molar-refractivity contribution in [3.05, 3.63) is 18.2 Å². The van der Waals surface area contributed by atoms with Crippen molar-refractivity contribution in [3.63, 3.8) is 0 Å². The van der Waals surface area contributed by atoms with Crippen LogP contribution in [-0.2, 0) is 9.47 Å². The van der Waals surface area contributed by atoms with Crippen molar-refractivity contribution >= 4 is 17.4 Å². The van der Waals surface area contributed by atoms with Crippen molar-refractivity contribution in [2.45, 2.75) is 0 Å². The zero-order valence-electron chi connectivity index (χ0n) is 13.1. The number of nitrogens with one attached hydrogen (secondary N) is 2. The molecule has 2 amide bonds. The van der Waals surface area contributed by atoms with Crippen molar-refractivity contribution in [3.8, 4) is 5.75 Å². The molecule has 7 nitrogen and oxygen atoms in total. The van der Waals surface area contributed by atoms with Gasteiger partial charge in [0.25, 0.3) is 0 Å². The first-order chi connectivity index (χ1) is 10.7. The van der Waals surface area contributed by atoms with Crippen molar-refractivity contribution in [2.75, 3.05) is 63.9 Å². The first-order valence-electron chi connectivity index (χ1n) is 7.29. The third-order valence-electron chi connectivity index (χ3n) is 3.40. The third-order valence-corrected chi connectivity index (χ3v) is 3.40. The van der Waals surface area contributed by atoms with Crippen molar-refractivity contribution in [1.29, 1.82) is 0 Å². The molecule has 1 aliphatic heterocycles. The first-order valence-corrected chi connectivity index (χ1v) is 7.29. The lowest BCUT2D eigenvalue weighted by atomic mass is 10.2. The minimum absolute atomic E-state index is 0.283. The van der Waals surface area contributed by atoms with Crippen LogP contribution in [0.3, 0.4) is 0 Å². The number of rotatable bonds is 6. The number of ether oxygens (including phenoxy) is 3. The number of carbonyl (C=O) groups is 1. The van der Waals surface area contributed by atoms with E-state index in [1.807, 2.05) is 18.2 Å². The number of urea groups is 1. The SMILES string of the molecule is COCCNC(=O)Nc1cc(N2CCOCC2)ccc1OC. The Balaban J connectivity index is 2.05. The minimum Gasteiger partial charge on any atom is -0.495 e. The van der Waals surface area contributed by atoms with E-state index in [4.69, 9.17) is 14.2 Å². The highest BCUT2D eigenvalue weighted by Crippen LogP contribution is 2.30. The molecule has 0 bridgehead atoms. The summed E-state index contributed by atoms with van der Waals surface area (Å²) in [6.07, 6.45) is 0. The van der Waals surface area contributed by atoms with Crippen molar-refractivity contribution in [1.82, 2.24) is 5.32 Å². The average molecular weight is 309 g/mol. The van der Waals surface area contributed by atoms with Crippen LogP contribution in [0.5, 0.6) is 5.75 Å². The Morgan fingerprint density at radius 2 is 2.09 bits per heavy atom. The summed E-state index contributed by atoms with van der Waals surface area (Å²) < 4.78 is 15.6. The summed E-state index contributed by atoms with van der Waals surface area (Å²) in [5, 5.41) is 5.53. The average Bonchev–Trinajstić information content (AvgIpc) is 2.56. The smallest absolute Gasteiger partial charge is 0.319 e. The molecule has 1 aromatic rings. The van der Waals surface area contributed by atoms with E-state index in [1.54, 1.807) is 14.2 Å². The predicted molar refractivity (Wildman–Crippen MR) is 84.9 cm³/mol. The van der Waals surface area contributed by atoms with Gasteiger partial charge < -0.3 is 29.7 Å². The molecule has 7 heteroatoms. The first kappa shape index (κ1) is 16.4. The summed E-state index contributed by atoms with van der Waals surface area (Å²) in [7, 11) is 3.17. The number of hydrogen-bond donors (Lipinski definition) is 2. The van der Waals surface area contributed by atoms with Gasteiger partial charge in [-0.15, -0.1) is 0 Å². The highest BCUT2D eigenvalue weighted by Gasteiger charge is 2.14. The van der Waals surface area contributed by atoms with E-state index in [2.05, 4.69) is 15.5 Å². The molecule has 0 spiro atoms. The van der Waals surface area contributed by atoms with Crippen LogP contribution in [0.1, 0.15) is 0 Å². The molecule has 1 aromatic carbocycles. The second-order valence-electron chi connectivity index (χ2n) is 4.86. The van der Waals surface area contributed by atoms with Crippen LogP contribution in [0.4, 0.5) is 16.2 Å². The fourth-order valence-electron chi connectivity index (χ4n) is 2.25. The Bertz CT molecular complexity index is 490. The van der Waals surface area contributed by atoms with Crippen LogP contribution in [0.2, 0.25) is 0 Å². The maximum Gasteiger partial charge on any atom is 0.319 e. The summed E-state index contributed by atoms with van der Waals surface area (Å²) in [6.45, 7) is 4.03. The van der Waals surface area contributed by atoms with Crippen LogP contribution < -0.4 is 20.3 Å². The molecule has 1 fully saturated rings. The van der Waals surface area contributed by atoms with E-state index in [9.17, 15) is 4.79 Å². The van der Waals surface area contributed by atoms with Crippen molar-refractivity contribution in [2.24, 2.45) is 0 Å². The number of nitrogens with zero attached hydrogens (tertiary/aromatic N) is 1. The molecule has 0 aromatic heterocycles. The molecule has 2 N–H and O–H groups in total. The van der Waals surface area contributed by atoms with Gasteiger partial charge in [-0.2, -0.15) is 0 Å². The molecule has 122 valence electrons. The van der Waals surface area contributed by atoms with Gasteiger partial charge in [0.1, 0.15) is 5.75 Å². The molecular formula is C15H23N3O4. The van der Waals surface area contributed by atoms with E-state index in [0.29, 0.717) is 37.8 Å².